The maximum absolute atomic E-state index is 12.6. The fourth-order valence-electron chi connectivity index (χ4n) is 4.36. The molecule has 0 spiro atoms. The average molecular weight is 346 g/mol. The van der Waals surface area contributed by atoms with Crippen molar-refractivity contribution in [1.29, 1.82) is 0 Å². The minimum atomic E-state index is 0.0222. The van der Waals surface area contributed by atoms with Gasteiger partial charge in [-0.05, 0) is 49.3 Å². The van der Waals surface area contributed by atoms with Crippen molar-refractivity contribution in [3.63, 3.8) is 0 Å². The number of benzene rings is 1. The zero-order valence-corrected chi connectivity index (χ0v) is 15.2. The molecule has 3 rings (SSSR count). The van der Waals surface area contributed by atoms with Crippen molar-refractivity contribution in [2.24, 2.45) is 5.92 Å². The Labute approximate surface area is 150 Å². The molecule has 25 heavy (non-hydrogen) atoms. The van der Waals surface area contributed by atoms with E-state index in [0.29, 0.717) is 12.5 Å². The van der Waals surface area contributed by atoms with E-state index >= 15 is 0 Å². The van der Waals surface area contributed by atoms with E-state index < -0.39 is 0 Å². The van der Waals surface area contributed by atoms with Crippen LogP contribution in [0.2, 0.25) is 0 Å². The average Bonchev–Trinajstić information content (AvgIpc) is 3.30. The topological polar surface area (TPSA) is 61.8 Å². The summed E-state index contributed by atoms with van der Waals surface area (Å²) in [6.45, 7) is 2.44. The molecule has 1 aromatic rings. The molecule has 0 bridgehead atoms. The second kappa shape index (κ2) is 8.09. The molecule has 1 aliphatic carbocycles. The highest BCUT2D eigenvalue weighted by Gasteiger charge is 2.37. The molecule has 0 radical (unpaired) electrons. The SMILES string of the molecule is COc1cccc(C2(CNC(=O)N3CC[C@H](CCO)C3)CCCC2)c1. The van der Waals surface area contributed by atoms with Crippen LogP contribution in [0.5, 0.6) is 5.75 Å². The smallest absolute Gasteiger partial charge is 0.317 e. The van der Waals surface area contributed by atoms with Crippen LogP contribution in [0.25, 0.3) is 0 Å². The third kappa shape index (κ3) is 4.09. The molecule has 1 aliphatic heterocycles. The Hall–Kier alpha value is -1.75. The standard InChI is InChI=1S/C20H30N2O3/c1-25-18-6-4-5-17(13-18)20(9-2-3-10-20)15-21-19(24)22-11-7-16(14-22)8-12-23/h4-6,13,16,23H,2-3,7-12,14-15H2,1H3,(H,21,24)/t16-/m1/s1. The molecule has 1 atom stereocenters. The Kier molecular flexibility index (Phi) is 5.84. The van der Waals surface area contributed by atoms with Crippen molar-refractivity contribution >= 4 is 6.03 Å². The molecule has 2 amide bonds. The number of nitrogens with zero attached hydrogens (tertiary/aromatic N) is 1. The largest absolute Gasteiger partial charge is 0.497 e. The van der Waals surface area contributed by atoms with E-state index in [2.05, 4.69) is 17.4 Å². The maximum Gasteiger partial charge on any atom is 0.317 e. The molecule has 1 saturated heterocycles. The summed E-state index contributed by atoms with van der Waals surface area (Å²) in [5, 5.41) is 12.3. The molecule has 2 N–H and O–H groups in total. The molecule has 2 aliphatic rings. The lowest BCUT2D eigenvalue weighted by Crippen LogP contribution is -2.45. The molecule has 0 aromatic heterocycles. The minimum absolute atomic E-state index is 0.0222. The summed E-state index contributed by atoms with van der Waals surface area (Å²) < 4.78 is 5.39. The number of urea groups is 1. The fraction of sp³-hybridized carbons (Fsp3) is 0.650. The fourth-order valence-corrected chi connectivity index (χ4v) is 4.36. The number of carbonyl (C=O) groups excluding carboxylic acids is 1. The van der Waals surface area contributed by atoms with Crippen LogP contribution in [0.3, 0.4) is 0 Å². The number of ether oxygens (including phenoxy) is 1. The molecular weight excluding hydrogens is 316 g/mol. The van der Waals surface area contributed by atoms with Crippen LogP contribution in [0, 0.1) is 5.92 Å². The Morgan fingerprint density at radius 3 is 2.92 bits per heavy atom. The van der Waals surface area contributed by atoms with Gasteiger partial charge in [-0.3, -0.25) is 0 Å². The van der Waals surface area contributed by atoms with E-state index in [1.165, 1.54) is 18.4 Å². The van der Waals surface area contributed by atoms with Crippen LogP contribution in [0.15, 0.2) is 24.3 Å². The van der Waals surface area contributed by atoms with Crippen LogP contribution in [-0.4, -0.2) is 49.4 Å². The number of methoxy groups -OCH3 is 1. The van der Waals surface area contributed by atoms with Gasteiger partial charge in [0.2, 0.25) is 0 Å². The van der Waals surface area contributed by atoms with Gasteiger partial charge in [-0.25, -0.2) is 4.79 Å². The summed E-state index contributed by atoms with van der Waals surface area (Å²) in [5.41, 5.74) is 1.29. The molecule has 5 heteroatoms. The molecular formula is C20H30N2O3. The van der Waals surface area contributed by atoms with Gasteiger partial charge in [0, 0.05) is 31.7 Å². The van der Waals surface area contributed by atoms with E-state index in [9.17, 15) is 4.79 Å². The van der Waals surface area contributed by atoms with E-state index in [1.54, 1.807) is 7.11 Å². The predicted molar refractivity (Wildman–Crippen MR) is 97.9 cm³/mol. The number of aliphatic hydroxyl groups excluding tert-OH is 1. The van der Waals surface area contributed by atoms with Crippen LogP contribution in [0.1, 0.15) is 44.1 Å². The Morgan fingerprint density at radius 1 is 1.40 bits per heavy atom. The van der Waals surface area contributed by atoms with E-state index in [-0.39, 0.29) is 18.1 Å². The van der Waals surface area contributed by atoms with Gasteiger partial charge in [-0.2, -0.15) is 0 Å². The van der Waals surface area contributed by atoms with Gasteiger partial charge in [0.15, 0.2) is 0 Å². The van der Waals surface area contributed by atoms with Gasteiger partial charge in [-0.1, -0.05) is 25.0 Å². The number of nitrogens with one attached hydrogen (secondary N) is 1. The quantitative estimate of drug-likeness (QED) is 0.832. The van der Waals surface area contributed by atoms with Crippen molar-refractivity contribution in [1.82, 2.24) is 10.2 Å². The summed E-state index contributed by atoms with van der Waals surface area (Å²) in [7, 11) is 1.69. The molecule has 1 saturated carbocycles. The van der Waals surface area contributed by atoms with Gasteiger partial charge in [-0.15, -0.1) is 0 Å². The number of aliphatic hydroxyl groups is 1. The van der Waals surface area contributed by atoms with Gasteiger partial charge in [0.1, 0.15) is 5.75 Å². The maximum atomic E-state index is 12.6. The first-order valence-corrected chi connectivity index (χ1v) is 9.45. The van der Waals surface area contributed by atoms with Crippen molar-refractivity contribution in [2.45, 2.75) is 43.9 Å². The first-order valence-electron chi connectivity index (χ1n) is 9.45. The number of likely N-dealkylation sites (tertiary alicyclic amines) is 1. The lowest BCUT2D eigenvalue weighted by atomic mass is 9.78. The molecule has 1 aromatic carbocycles. The van der Waals surface area contributed by atoms with Crippen molar-refractivity contribution in [3.8, 4) is 5.75 Å². The van der Waals surface area contributed by atoms with Crippen LogP contribution in [0.4, 0.5) is 4.79 Å². The number of hydrogen-bond acceptors (Lipinski definition) is 3. The number of rotatable bonds is 6. The molecule has 1 heterocycles. The van der Waals surface area contributed by atoms with Gasteiger partial charge in [0.05, 0.1) is 7.11 Å². The third-order valence-electron chi connectivity index (χ3n) is 5.93. The first-order chi connectivity index (χ1) is 12.2. The van der Waals surface area contributed by atoms with Gasteiger partial charge >= 0.3 is 6.03 Å². The summed E-state index contributed by atoms with van der Waals surface area (Å²) >= 11 is 0. The lowest BCUT2D eigenvalue weighted by Gasteiger charge is -2.31. The Balaban J connectivity index is 1.63. The second-order valence-corrected chi connectivity index (χ2v) is 7.49. The monoisotopic (exact) mass is 346 g/mol. The highest BCUT2D eigenvalue weighted by Crippen LogP contribution is 2.41. The van der Waals surface area contributed by atoms with E-state index in [0.717, 1.165) is 44.5 Å². The molecule has 5 nitrogen and oxygen atoms in total. The van der Waals surface area contributed by atoms with E-state index in [4.69, 9.17) is 9.84 Å². The van der Waals surface area contributed by atoms with Gasteiger partial charge < -0.3 is 20.1 Å². The normalized spacial score (nSPS) is 22.2. The zero-order chi connectivity index (χ0) is 17.7. The van der Waals surface area contributed by atoms with Crippen molar-refractivity contribution in [3.05, 3.63) is 29.8 Å². The summed E-state index contributed by atoms with van der Waals surface area (Å²) in [6, 6.07) is 8.32. The molecule has 0 unspecified atom stereocenters. The van der Waals surface area contributed by atoms with Crippen LogP contribution >= 0.6 is 0 Å². The molecule has 138 valence electrons. The lowest BCUT2D eigenvalue weighted by molar-refractivity contribution is 0.201. The number of carbonyl (C=O) groups is 1. The molecule has 2 fully saturated rings. The first kappa shape index (κ1) is 18.1. The van der Waals surface area contributed by atoms with Crippen LogP contribution < -0.4 is 10.1 Å². The van der Waals surface area contributed by atoms with Crippen LogP contribution in [-0.2, 0) is 5.41 Å². The summed E-state index contributed by atoms with van der Waals surface area (Å²) in [6.07, 6.45) is 6.40. The Morgan fingerprint density at radius 2 is 2.20 bits per heavy atom. The summed E-state index contributed by atoms with van der Waals surface area (Å²) in [4.78, 5) is 14.5. The van der Waals surface area contributed by atoms with Gasteiger partial charge in [0.25, 0.3) is 0 Å². The highest BCUT2D eigenvalue weighted by molar-refractivity contribution is 5.74. The summed E-state index contributed by atoms with van der Waals surface area (Å²) in [5.74, 6) is 1.32. The third-order valence-corrected chi connectivity index (χ3v) is 5.93. The number of amides is 2. The van der Waals surface area contributed by atoms with E-state index in [1.807, 2.05) is 17.0 Å². The van der Waals surface area contributed by atoms with Crippen molar-refractivity contribution < 1.29 is 14.6 Å². The number of hydrogen-bond donors (Lipinski definition) is 2. The minimum Gasteiger partial charge on any atom is -0.497 e. The second-order valence-electron chi connectivity index (χ2n) is 7.49. The Bertz CT molecular complexity index is 584. The van der Waals surface area contributed by atoms with Crippen molar-refractivity contribution in [2.75, 3.05) is 33.4 Å². The predicted octanol–water partition coefficient (Wildman–Crippen LogP) is 2.92. The highest BCUT2D eigenvalue weighted by atomic mass is 16.5. The zero-order valence-electron chi connectivity index (χ0n) is 15.2.